The highest BCUT2D eigenvalue weighted by atomic mass is 16.2. The number of amides is 1. The number of hydrogen-bond acceptors (Lipinski definition) is 3. The Morgan fingerprint density at radius 1 is 0.897 bits per heavy atom. The summed E-state index contributed by atoms with van der Waals surface area (Å²) in [6, 6.07) is 28.0. The van der Waals surface area contributed by atoms with Gasteiger partial charge in [-0.05, 0) is 46.2 Å². The smallest absolute Gasteiger partial charge is 0.267 e. The van der Waals surface area contributed by atoms with E-state index < -0.39 is 5.91 Å². The zero-order chi connectivity index (χ0) is 20.1. The molecule has 0 fully saturated rings. The van der Waals surface area contributed by atoms with Crippen LogP contribution in [0.1, 0.15) is 23.1 Å². The summed E-state index contributed by atoms with van der Waals surface area (Å²) in [6.07, 6.45) is 3.12. The van der Waals surface area contributed by atoms with Gasteiger partial charge >= 0.3 is 0 Å². The summed E-state index contributed by atoms with van der Waals surface area (Å²) < 4.78 is 0. The number of benzene rings is 3. The first kappa shape index (κ1) is 18.4. The molecule has 0 radical (unpaired) electrons. The summed E-state index contributed by atoms with van der Waals surface area (Å²) in [7, 11) is 0. The number of hydrogen-bond donors (Lipinski definition) is 1. The maximum absolute atomic E-state index is 12.5. The van der Waals surface area contributed by atoms with Gasteiger partial charge in [0.25, 0.3) is 5.91 Å². The Morgan fingerprint density at radius 3 is 2.34 bits per heavy atom. The number of carbonyl (C=O) groups is 1. The topological polar surface area (TPSA) is 65.2 Å². The van der Waals surface area contributed by atoms with Crippen molar-refractivity contribution in [2.24, 2.45) is 5.10 Å². The standard InChI is InChI=1S/C25H19N3O/c26-16-24(23-15-14-21-8-4-5-9-22(21)23)25(29)28-27-17-18-10-12-20(13-11-18)19-6-2-1-3-7-19/h1-13,17H,14-15H2,(H,28,29)/b24-23+,27-17+. The Bertz CT molecular complexity index is 1140. The molecule has 4 rings (SSSR count). The summed E-state index contributed by atoms with van der Waals surface area (Å²) in [5.74, 6) is -0.476. The first-order chi connectivity index (χ1) is 14.3. The number of rotatable bonds is 4. The van der Waals surface area contributed by atoms with Crippen molar-refractivity contribution in [2.75, 3.05) is 0 Å². The van der Waals surface area contributed by atoms with Crippen LogP contribution >= 0.6 is 0 Å². The lowest BCUT2D eigenvalue weighted by atomic mass is 10.0. The van der Waals surface area contributed by atoms with E-state index in [0.29, 0.717) is 6.42 Å². The van der Waals surface area contributed by atoms with Crippen LogP contribution in [0.15, 0.2) is 89.5 Å². The molecule has 140 valence electrons. The van der Waals surface area contributed by atoms with Crippen molar-refractivity contribution in [3.05, 3.63) is 101 Å². The zero-order valence-corrected chi connectivity index (χ0v) is 15.8. The second-order valence-corrected chi connectivity index (χ2v) is 6.81. The van der Waals surface area contributed by atoms with Crippen molar-refractivity contribution in [1.29, 1.82) is 5.26 Å². The largest absolute Gasteiger partial charge is 0.282 e. The Kier molecular flexibility index (Phi) is 5.31. The highest BCUT2D eigenvalue weighted by Gasteiger charge is 2.22. The summed E-state index contributed by atoms with van der Waals surface area (Å²) in [5.41, 5.74) is 8.69. The second-order valence-electron chi connectivity index (χ2n) is 6.81. The first-order valence-electron chi connectivity index (χ1n) is 9.46. The average molecular weight is 377 g/mol. The molecule has 3 aromatic carbocycles. The molecule has 0 spiro atoms. The number of fused-ring (bicyclic) bond motifs is 1. The summed E-state index contributed by atoms with van der Waals surface area (Å²) in [4.78, 5) is 12.5. The minimum atomic E-state index is -0.476. The van der Waals surface area contributed by atoms with E-state index in [2.05, 4.69) is 28.7 Å². The van der Waals surface area contributed by atoms with Crippen molar-refractivity contribution in [3.8, 4) is 17.2 Å². The maximum atomic E-state index is 12.5. The molecule has 0 atom stereocenters. The number of nitrogens with one attached hydrogen (secondary N) is 1. The van der Waals surface area contributed by atoms with Crippen molar-refractivity contribution in [3.63, 3.8) is 0 Å². The summed E-state index contributed by atoms with van der Waals surface area (Å²) >= 11 is 0. The predicted molar refractivity (Wildman–Crippen MR) is 115 cm³/mol. The molecule has 4 heteroatoms. The van der Waals surface area contributed by atoms with Crippen LogP contribution < -0.4 is 5.43 Å². The number of aryl methyl sites for hydroxylation is 1. The molecule has 4 nitrogen and oxygen atoms in total. The molecule has 3 aromatic rings. The third kappa shape index (κ3) is 3.99. The SMILES string of the molecule is N#C/C(C(=O)N/N=C/c1ccc(-c2ccccc2)cc1)=C1/CCc2ccccc21. The lowest BCUT2D eigenvalue weighted by molar-refractivity contribution is -0.117. The molecule has 0 bridgehead atoms. The van der Waals surface area contributed by atoms with Crippen LogP contribution in [-0.2, 0) is 11.2 Å². The van der Waals surface area contributed by atoms with Gasteiger partial charge in [-0.2, -0.15) is 10.4 Å². The number of carbonyl (C=O) groups excluding carboxylic acids is 1. The first-order valence-corrected chi connectivity index (χ1v) is 9.46. The highest BCUT2D eigenvalue weighted by Crippen LogP contribution is 2.34. The van der Waals surface area contributed by atoms with Gasteiger partial charge in [0, 0.05) is 0 Å². The van der Waals surface area contributed by atoms with Crippen LogP contribution in [0.5, 0.6) is 0 Å². The van der Waals surface area contributed by atoms with Crippen LogP contribution in [-0.4, -0.2) is 12.1 Å². The lowest BCUT2D eigenvalue weighted by Crippen LogP contribution is -2.20. The monoisotopic (exact) mass is 377 g/mol. The Balaban J connectivity index is 1.46. The quantitative estimate of drug-likeness (QED) is 0.309. The molecule has 0 heterocycles. The Hall–Kier alpha value is -3.97. The fourth-order valence-electron chi connectivity index (χ4n) is 3.56. The van der Waals surface area contributed by atoms with Crippen LogP contribution in [0, 0.1) is 11.3 Å². The zero-order valence-electron chi connectivity index (χ0n) is 15.8. The van der Waals surface area contributed by atoms with Gasteiger partial charge in [0.1, 0.15) is 11.6 Å². The fraction of sp³-hybridized carbons (Fsp3) is 0.0800. The van der Waals surface area contributed by atoms with Gasteiger partial charge in [-0.15, -0.1) is 0 Å². The van der Waals surface area contributed by atoms with Gasteiger partial charge in [-0.3, -0.25) is 4.79 Å². The van der Waals surface area contributed by atoms with Gasteiger partial charge in [-0.25, -0.2) is 5.43 Å². The highest BCUT2D eigenvalue weighted by molar-refractivity contribution is 6.06. The third-order valence-electron chi connectivity index (χ3n) is 5.02. The van der Waals surface area contributed by atoms with E-state index in [1.54, 1.807) is 6.21 Å². The van der Waals surface area contributed by atoms with Gasteiger partial charge in [0.2, 0.25) is 0 Å². The number of nitrogens with zero attached hydrogens (tertiary/aromatic N) is 2. The summed E-state index contributed by atoms with van der Waals surface area (Å²) in [6.45, 7) is 0. The van der Waals surface area contributed by atoms with Gasteiger partial charge in [0.15, 0.2) is 0 Å². The average Bonchev–Trinajstić information content (AvgIpc) is 3.19. The van der Waals surface area contributed by atoms with E-state index in [-0.39, 0.29) is 5.57 Å². The van der Waals surface area contributed by atoms with Crippen molar-refractivity contribution in [2.45, 2.75) is 12.8 Å². The normalized spacial score (nSPS) is 14.3. The minimum Gasteiger partial charge on any atom is -0.267 e. The van der Waals surface area contributed by atoms with Gasteiger partial charge in [0.05, 0.1) is 6.21 Å². The number of hydrazone groups is 1. The van der Waals surface area contributed by atoms with Gasteiger partial charge < -0.3 is 0 Å². The molecule has 0 unspecified atom stereocenters. The van der Waals surface area contributed by atoms with E-state index in [0.717, 1.165) is 34.2 Å². The Morgan fingerprint density at radius 2 is 1.59 bits per heavy atom. The molecular weight excluding hydrogens is 358 g/mol. The molecule has 0 saturated carbocycles. The van der Waals surface area contributed by atoms with E-state index in [4.69, 9.17) is 0 Å². The maximum Gasteiger partial charge on any atom is 0.282 e. The van der Waals surface area contributed by atoms with E-state index in [1.807, 2.05) is 66.7 Å². The van der Waals surface area contributed by atoms with Crippen LogP contribution in [0.2, 0.25) is 0 Å². The second kappa shape index (κ2) is 8.37. The predicted octanol–water partition coefficient (Wildman–Crippen LogP) is 4.73. The molecule has 29 heavy (non-hydrogen) atoms. The van der Waals surface area contributed by atoms with Crippen LogP contribution in [0.4, 0.5) is 0 Å². The van der Waals surface area contributed by atoms with Crippen molar-refractivity contribution in [1.82, 2.24) is 5.43 Å². The molecule has 0 saturated heterocycles. The lowest BCUT2D eigenvalue weighted by Gasteiger charge is -2.04. The molecule has 1 N–H and O–H groups in total. The Labute approximate surface area is 169 Å². The van der Waals surface area contributed by atoms with E-state index in [9.17, 15) is 10.1 Å². The molecule has 0 aromatic heterocycles. The molecule has 1 aliphatic rings. The van der Waals surface area contributed by atoms with Crippen molar-refractivity contribution < 1.29 is 4.79 Å². The van der Waals surface area contributed by atoms with Crippen molar-refractivity contribution >= 4 is 17.7 Å². The minimum absolute atomic E-state index is 0.131. The number of nitriles is 1. The molecule has 0 aliphatic heterocycles. The molecule has 1 amide bonds. The third-order valence-corrected chi connectivity index (χ3v) is 5.02. The fourth-order valence-corrected chi connectivity index (χ4v) is 3.56. The summed E-state index contributed by atoms with van der Waals surface area (Å²) in [5, 5.41) is 13.5. The van der Waals surface area contributed by atoms with Gasteiger partial charge in [-0.1, -0.05) is 78.9 Å². The molecule has 1 aliphatic carbocycles. The van der Waals surface area contributed by atoms with Crippen LogP contribution in [0.25, 0.3) is 16.7 Å². The van der Waals surface area contributed by atoms with E-state index in [1.165, 1.54) is 5.56 Å². The van der Waals surface area contributed by atoms with E-state index >= 15 is 0 Å². The number of allylic oxidation sites excluding steroid dienone is 1. The molecular formula is C25H19N3O. The van der Waals surface area contributed by atoms with Crippen LogP contribution in [0.3, 0.4) is 0 Å².